The molecule has 0 bridgehead atoms. The third-order valence-corrected chi connectivity index (χ3v) is 3.70. The number of piperidine rings is 1. The van der Waals surface area contributed by atoms with Crippen LogP contribution in [0.25, 0.3) is 0 Å². The van der Waals surface area contributed by atoms with Gasteiger partial charge in [0.2, 0.25) is 0 Å². The van der Waals surface area contributed by atoms with Gasteiger partial charge in [0.05, 0.1) is 6.07 Å². The van der Waals surface area contributed by atoms with Crippen LogP contribution in [-0.4, -0.2) is 36.6 Å². The van der Waals surface area contributed by atoms with Crippen molar-refractivity contribution < 1.29 is 14.3 Å². The van der Waals surface area contributed by atoms with Crippen LogP contribution in [0.4, 0.5) is 0 Å². The van der Waals surface area contributed by atoms with E-state index in [0.717, 1.165) is 19.3 Å². The van der Waals surface area contributed by atoms with E-state index in [4.69, 9.17) is 14.7 Å². The molecule has 5 nitrogen and oxygen atoms in total. The molecule has 0 saturated carbocycles. The van der Waals surface area contributed by atoms with Gasteiger partial charge in [0.25, 0.3) is 5.91 Å². The normalized spacial score (nSPS) is 21.1. The summed E-state index contributed by atoms with van der Waals surface area (Å²) in [7, 11) is 0. The van der Waals surface area contributed by atoms with Gasteiger partial charge in [0.15, 0.2) is 11.5 Å². The predicted molar refractivity (Wildman–Crippen MR) is 71.7 cm³/mol. The molecule has 1 atom stereocenters. The summed E-state index contributed by atoms with van der Waals surface area (Å²) in [6.07, 6.45) is 2.71. The van der Waals surface area contributed by atoms with Gasteiger partial charge in [0.1, 0.15) is 19.3 Å². The molecule has 0 spiro atoms. The van der Waals surface area contributed by atoms with E-state index in [2.05, 4.69) is 6.07 Å². The number of fused-ring (bicyclic) bond motifs is 1. The first kappa shape index (κ1) is 12.8. The van der Waals surface area contributed by atoms with Crippen LogP contribution in [0.15, 0.2) is 18.2 Å². The number of likely N-dealkylation sites (tertiary alicyclic amines) is 1. The van der Waals surface area contributed by atoms with Crippen molar-refractivity contribution in [3.8, 4) is 17.6 Å². The maximum atomic E-state index is 12.5. The van der Waals surface area contributed by atoms with Crippen molar-refractivity contribution >= 4 is 5.91 Å². The van der Waals surface area contributed by atoms with Gasteiger partial charge in [-0.2, -0.15) is 5.26 Å². The van der Waals surface area contributed by atoms with E-state index in [1.807, 2.05) is 0 Å². The van der Waals surface area contributed by atoms with Crippen LogP contribution in [-0.2, 0) is 0 Å². The van der Waals surface area contributed by atoms with Crippen LogP contribution in [0.5, 0.6) is 11.5 Å². The highest BCUT2D eigenvalue weighted by Crippen LogP contribution is 2.31. The third kappa shape index (κ3) is 2.29. The summed E-state index contributed by atoms with van der Waals surface area (Å²) in [5.74, 6) is 1.17. The summed E-state index contributed by atoms with van der Waals surface area (Å²) in [5, 5.41) is 9.16. The number of carbonyl (C=O) groups is 1. The number of nitrogens with zero attached hydrogens (tertiary/aromatic N) is 2. The van der Waals surface area contributed by atoms with Crippen molar-refractivity contribution in [1.29, 1.82) is 5.26 Å². The van der Waals surface area contributed by atoms with E-state index in [1.54, 1.807) is 23.1 Å². The highest BCUT2D eigenvalue weighted by Gasteiger charge is 2.28. The maximum Gasteiger partial charge on any atom is 0.255 e. The molecule has 0 aromatic heterocycles. The first-order valence-corrected chi connectivity index (χ1v) is 6.90. The van der Waals surface area contributed by atoms with Crippen LogP contribution in [0.3, 0.4) is 0 Å². The third-order valence-electron chi connectivity index (χ3n) is 3.70. The number of hydrogen-bond acceptors (Lipinski definition) is 4. The fourth-order valence-corrected chi connectivity index (χ4v) is 2.65. The molecule has 0 aliphatic carbocycles. The quantitative estimate of drug-likeness (QED) is 0.784. The molecule has 1 aromatic rings. The van der Waals surface area contributed by atoms with Crippen molar-refractivity contribution in [1.82, 2.24) is 4.90 Å². The minimum atomic E-state index is -0.315. The minimum absolute atomic E-state index is 0.103. The maximum absolute atomic E-state index is 12.5. The number of nitriles is 1. The van der Waals surface area contributed by atoms with Crippen LogP contribution in [0.2, 0.25) is 0 Å². The molecular formula is C15H16N2O3. The summed E-state index contributed by atoms with van der Waals surface area (Å²) in [6, 6.07) is 7.10. The number of benzene rings is 1. The Morgan fingerprint density at radius 3 is 2.85 bits per heavy atom. The molecule has 0 radical (unpaired) electrons. The van der Waals surface area contributed by atoms with Gasteiger partial charge in [-0.1, -0.05) is 0 Å². The molecule has 0 N–H and O–H groups in total. The largest absolute Gasteiger partial charge is 0.486 e. The lowest BCUT2D eigenvalue weighted by Crippen LogP contribution is -2.42. The molecule has 1 aromatic carbocycles. The number of hydrogen-bond donors (Lipinski definition) is 0. The Morgan fingerprint density at radius 1 is 1.25 bits per heavy atom. The van der Waals surface area contributed by atoms with E-state index >= 15 is 0 Å². The Morgan fingerprint density at radius 2 is 2.05 bits per heavy atom. The summed E-state index contributed by atoms with van der Waals surface area (Å²) < 4.78 is 10.9. The molecular weight excluding hydrogens is 256 g/mol. The van der Waals surface area contributed by atoms with E-state index in [9.17, 15) is 4.79 Å². The average molecular weight is 272 g/mol. The summed E-state index contributed by atoms with van der Waals surface area (Å²) >= 11 is 0. The van der Waals surface area contributed by atoms with Gasteiger partial charge in [-0.15, -0.1) is 0 Å². The molecule has 1 amide bonds. The number of carbonyl (C=O) groups excluding carboxylic acids is 1. The van der Waals surface area contributed by atoms with Crippen molar-refractivity contribution in [2.45, 2.75) is 25.3 Å². The molecule has 2 heterocycles. The summed E-state index contributed by atoms with van der Waals surface area (Å²) in [5.41, 5.74) is 0.552. The molecule has 1 unspecified atom stereocenters. The number of ether oxygens (including phenoxy) is 2. The molecule has 1 saturated heterocycles. The minimum Gasteiger partial charge on any atom is -0.486 e. The second-order valence-electron chi connectivity index (χ2n) is 5.00. The average Bonchev–Trinajstić information content (AvgIpc) is 2.53. The van der Waals surface area contributed by atoms with E-state index in [0.29, 0.717) is 36.8 Å². The molecule has 20 heavy (non-hydrogen) atoms. The smallest absolute Gasteiger partial charge is 0.255 e. The highest BCUT2D eigenvalue weighted by atomic mass is 16.6. The Labute approximate surface area is 117 Å². The molecule has 1 fully saturated rings. The zero-order chi connectivity index (χ0) is 13.9. The van der Waals surface area contributed by atoms with E-state index < -0.39 is 0 Å². The SMILES string of the molecule is N#CC1CCCCN1C(=O)c1ccc2c(c1)OCCO2. The molecule has 5 heteroatoms. The topological polar surface area (TPSA) is 62.6 Å². The molecule has 2 aliphatic heterocycles. The van der Waals surface area contributed by atoms with Gasteiger partial charge in [-0.25, -0.2) is 0 Å². The Balaban J connectivity index is 1.85. The Hall–Kier alpha value is -2.22. The number of rotatable bonds is 1. The van der Waals surface area contributed by atoms with Gasteiger partial charge < -0.3 is 14.4 Å². The Kier molecular flexibility index (Phi) is 3.46. The van der Waals surface area contributed by atoms with Crippen molar-refractivity contribution in [3.63, 3.8) is 0 Å². The monoisotopic (exact) mass is 272 g/mol. The van der Waals surface area contributed by atoms with Crippen LogP contribution in [0.1, 0.15) is 29.6 Å². The standard InChI is InChI=1S/C15H16N2O3/c16-10-12-3-1-2-6-17(12)15(18)11-4-5-13-14(9-11)20-8-7-19-13/h4-5,9,12H,1-3,6-8H2. The zero-order valence-electron chi connectivity index (χ0n) is 11.2. The second kappa shape index (κ2) is 5.41. The van der Waals surface area contributed by atoms with Crippen molar-refractivity contribution in [2.24, 2.45) is 0 Å². The first-order chi connectivity index (χ1) is 9.79. The summed E-state index contributed by atoms with van der Waals surface area (Å²) in [4.78, 5) is 14.2. The first-order valence-electron chi connectivity index (χ1n) is 6.90. The van der Waals surface area contributed by atoms with E-state index in [1.165, 1.54) is 0 Å². The van der Waals surface area contributed by atoms with Gasteiger partial charge >= 0.3 is 0 Å². The molecule has 3 rings (SSSR count). The lowest BCUT2D eigenvalue weighted by atomic mass is 10.0. The van der Waals surface area contributed by atoms with Crippen molar-refractivity contribution in [2.75, 3.05) is 19.8 Å². The van der Waals surface area contributed by atoms with Gasteiger partial charge in [-0.05, 0) is 37.5 Å². The fourth-order valence-electron chi connectivity index (χ4n) is 2.65. The van der Waals surface area contributed by atoms with Gasteiger partial charge in [0, 0.05) is 12.1 Å². The van der Waals surface area contributed by atoms with Crippen LogP contribution >= 0.6 is 0 Å². The van der Waals surface area contributed by atoms with Crippen LogP contribution in [0, 0.1) is 11.3 Å². The lowest BCUT2D eigenvalue weighted by molar-refractivity contribution is 0.0669. The molecule has 2 aliphatic rings. The summed E-state index contributed by atoms with van der Waals surface area (Å²) in [6.45, 7) is 1.67. The van der Waals surface area contributed by atoms with Gasteiger partial charge in [-0.3, -0.25) is 4.79 Å². The molecule has 104 valence electrons. The number of amides is 1. The Bertz CT molecular complexity index is 565. The van der Waals surface area contributed by atoms with E-state index in [-0.39, 0.29) is 11.9 Å². The highest BCUT2D eigenvalue weighted by molar-refractivity contribution is 5.95. The lowest BCUT2D eigenvalue weighted by Gasteiger charge is -2.31. The van der Waals surface area contributed by atoms with Crippen LogP contribution < -0.4 is 9.47 Å². The predicted octanol–water partition coefficient (Wildman–Crippen LogP) is 1.98. The second-order valence-corrected chi connectivity index (χ2v) is 5.00. The fraction of sp³-hybridized carbons (Fsp3) is 0.467. The van der Waals surface area contributed by atoms with Crippen molar-refractivity contribution in [3.05, 3.63) is 23.8 Å². The zero-order valence-corrected chi connectivity index (χ0v) is 11.2.